The third kappa shape index (κ3) is 3.88. The zero-order valence-electron chi connectivity index (χ0n) is 11.2. The van der Waals surface area contributed by atoms with Crippen LogP contribution in [0.15, 0.2) is 12.3 Å². The number of halogens is 1. The predicted octanol–water partition coefficient (Wildman–Crippen LogP) is 0.994. The van der Waals surface area contributed by atoms with Crippen LogP contribution in [0.2, 0.25) is 5.15 Å². The van der Waals surface area contributed by atoms with Gasteiger partial charge in [0, 0.05) is 19.2 Å². The third-order valence-corrected chi connectivity index (χ3v) is 3.24. The lowest BCUT2D eigenvalue weighted by Gasteiger charge is -2.17. The van der Waals surface area contributed by atoms with Crippen molar-refractivity contribution in [3.63, 3.8) is 0 Å². The summed E-state index contributed by atoms with van der Waals surface area (Å²) in [6, 6.07) is 1.25. The Morgan fingerprint density at radius 3 is 2.81 bits per heavy atom. The van der Waals surface area contributed by atoms with Gasteiger partial charge in [-0.15, -0.1) is 0 Å². The molecular formula is C12H13ClN4O4. The second-order valence-corrected chi connectivity index (χ2v) is 5.15. The number of amides is 2. The van der Waals surface area contributed by atoms with Gasteiger partial charge in [0.2, 0.25) is 5.91 Å². The van der Waals surface area contributed by atoms with Crippen molar-refractivity contribution in [2.45, 2.75) is 18.9 Å². The first-order valence-corrected chi connectivity index (χ1v) is 6.61. The van der Waals surface area contributed by atoms with Gasteiger partial charge in [-0.25, -0.2) is 4.98 Å². The quantitative estimate of drug-likeness (QED) is 0.496. The molecule has 1 aliphatic rings. The van der Waals surface area contributed by atoms with Crippen molar-refractivity contribution in [3.8, 4) is 0 Å². The van der Waals surface area contributed by atoms with E-state index < -0.39 is 10.8 Å². The summed E-state index contributed by atoms with van der Waals surface area (Å²) in [5.74, 6) is -0.870. The number of nitrogens with one attached hydrogen (secondary N) is 1. The van der Waals surface area contributed by atoms with E-state index in [1.165, 1.54) is 7.05 Å². The molecule has 21 heavy (non-hydrogen) atoms. The van der Waals surface area contributed by atoms with Gasteiger partial charge in [0.05, 0.1) is 17.0 Å². The highest BCUT2D eigenvalue weighted by atomic mass is 35.5. The maximum atomic E-state index is 12.2. The normalized spacial score (nSPS) is 13.6. The summed E-state index contributed by atoms with van der Waals surface area (Å²) < 4.78 is 0. The van der Waals surface area contributed by atoms with Gasteiger partial charge in [0.15, 0.2) is 0 Å². The SMILES string of the molecule is CN(CC(=O)NC1CC1)C(=O)c1cc([N+](=O)[O-])cnc1Cl. The van der Waals surface area contributed by atoms with Gasteiger partial charge in [0.25, 0.3) is 11.6 Å². The summed E-state index contributed by atoms with van der Waals surface area (Å²) in [5.41, 5.74) is -0.439. The van der Waals surface area contributed by atoms with Crippen LogP contribution in [0.25, 0.3) is 0 Å². The Balaban J connectivity index is 2.08. The topological polar surface area (TPSA) is 105 Å². The fraction of sp³-hybridized carbons (Fsp3) is 0.417. The number of pyridine rings is 1. The highest BCUT2D eigenvalue weighted by Gasteiger charge is 2.25. The summed E-state index contributed by atoms with van der Waals surface area (Å²) in [5, 5.41) is 13.3. The van der Waals surface area contributed by atoms with Crippen LogP contribution in [0.1, 0.15) is 23.2 Å². The fourth-order valence-electron chi connectivity index (χ4n) is 1.68. The molecule has 0 saturated heterocycles. The monoisotopic (exact) mass is 312 g/mol. The molecule has 9 heteroatoms. The number of hydrogen-bond acceptors (Lipinski definition) is 5. The molecule has 1 aromatic heterocycles. The number of carbonyl (C=O) groups is 2. The molecule has 112 valence electrons. The van der Waals surface area contributed by atoms with Crippen LogP contribution < -0.4 is 5.32 Å². The minimum atomic E-state index is -0.667. The number of hydrogen-bond donors (Lipinski definition) is 1. The van der Waals surface area contributed by atoms with E-state index in [-0.39, 0.29) is 34.9 Å². The lowest BCUT2D eigenvalue weighted by Crippen LogP contribution is -2.39. The zero-order valence-corrected chi connectivity index (χ0v) is 12.0. The second-order valence-electron chi connectivity index (χ2n) is 4.79. The van der Waals surface area contributed by atoms with E-state index >= 15 is 0 Å². The van der Waals surface area contributed by atoms with Crippen LogP contribution in [0, 0.1) is 10.1 Å². The molecule has 1 heterocycles. The van der Waals surface area contributed by atoms with Crippen molar-refractivity contribution >= 4 is 29.1 Å². The minimum Gasteiger partial charge on any atom is -0.352 e. The Morgan fingerprint density at radius 1 is 1.57 bits per heavy atom. The van der Waals surface area contributed by atoms with Crippen LogP contribution in [0.3, 0.4) is 0 Å². The highest BCUT2D eigenvalue weighted by molar-refractivity contribution is 6.32. The summed E-state index contributed by atoms with van der Waals surface area (Å²) in [4.78, 5) is 38.6. The largest absolute Gasteiger partial charge is 0.352 e. The smallest absolute Gasteiger partial charge is 0.288 e. The molecule has 0 aromatic carbocycles. The summed E-state index contributed by atoms with van der Waals surface area (Å²) >= 11 is 5.79. The van der Waals surface area contributed by atoms with Crippen molar-refractivity contribution in [1.82, 2.24) is 15.2 Å². The lowest BCUT2D eigenvalue weighted by atomic mass is 10.2. The van der Waals surface area contributed by atoms with Crippen LogP contribution in [0.5, 0.6) is 0 Å². The van der Waals surface area contributed by atoms with Crippen LogP contribution in [-0.2, 0) is 4.79 Å². The van der Waals surface area contributed by atoms with Gasteiger partial charge in [-0.05, 0) is 12.8 Å². The van der Waals surface area contributed by atoms with E-state index in [0.717, 1.165) is 30.0 Å². The van der Waals surface area contributed by atoms with Crippen molar-refractivity contribution in [2.75, 3.05) is 13.6 Å². The Bertz CT molecular complexity index is 603. The Kier molecular flexibility index (Phi) is 4.37. The molecule has 0 bridgehead atoms. The molecule has 0 atom stereocenters. The molecule has 0 aliphatic heterocycles. The summed E-state index contributed by atoms with van der Waals surface area (Å²) in [6.45, 7) is -0.144. The molecular weight excluding hydrogens is 300 g/mol. The molecule has 1 N–H and O–H groups in total. The van der Waals surface area contributed by atoms with Gasteiger partial charge in [-0.3, -0.25) is 19.7 Å². The van der Waals surface area contributed by atoms with Crippen LogP contribution in [-0.4, -0.2) is 46.3 Å². The molecule has 1 aromatic rings. The van der Waals surface area contributed by atoms with Gasteiger partial charge in [0.1, 0.15) is 11.3 Å². The van der Waals surface area contributed by atoms with E-state index in [4.69, 9.17) is 11.6 Å². The van der Waals surface area contributed by atoms with Gasteiger partial charge >= 0.3 is 0 Å². The van der Waals surface area contributed by atoms with E-state index in [0.29, 0.717) is 0 Å². The standard InChI is InChI=1S/C12H13ClN4O4/c1-16(6-10(18)15-7-2-3-7)12(19)9-4-8(17(20)21)5-14-11(9)13/h4-5,7H,2-3,6H2,1H3,(H,15,18). The van der Waals surface area contributed by atoms with Crippen LogP contribution >= 0.6 is 11.6 Å². The van der Waals surface area contributed by atoms with E-state index in [2.05, 4.69) is 10.3 Å². The number of likely N-dealkylation sites (N-methyl/N-ethyl adjacent to an activating group) is 1. The molecule has 1 saturated carbocycles. The molecule has 1 aliphatic carbocycles. The van der Waals surface area contributed by atoms with Crippen molar-refractivity contribution in [2.24, 2.45) is 0 Å². The molecule has 2 amide bonds. The summed E-state index contributed by atoms with van der Waals surface area (Å²) in [7, 11) is 1.42. The first-order chi connectivity index (χ1) is 9.88. The molecule has 0 unspecified atom stereocenters. The van der Waals surface area contributed by atoms with Crippen molar-refractivity contribution in [3.05, 3.63) is 33.1 Å². The number of carbonyl (C=O) groups excluding carboxylic acids is 2. The highest BCUT2D eigenvalue weighted by Crippen LogP contribution is 2.21. The van der Waals surface area contributed by atoms with Crippen LogP contribution in [0.4, 0.5) is 5.69 Å². The van der Waals surface area contributed by atoms with Crippen molar-refractivity contribution in [1.29, 1.82) is 0 Å². The maximum Gasteiger partial charge on any atom is 0.288 e. The predicted molar refractivity (Wildman–Crippen MR) is 74.0 cm³/mol. The first kappa shape index (κ1) is 15.2. The average Bonchev–Trinajstić information content (AvgIpc) is 3.21. The third-order valence-electron chi connectivity index (χ3n) is 2.94. The molecule has 0 spiro atoms. The first-order valence-electron chi connectivity index (χ1n) is 6.23. The Hall–Kier alpha value is -2.22. The fourth-order valence-corrected chi connectivity index (χ4v) is 1.86. The lowest BCUT2D eigenvalue weighted by molar-refractivity contribution is -0.385. The number of nitro groups is 1. The maximum absolute atomic E-state index is 12.2. The number of aromatic nitrogens is 1. The minimum absolute atomic E-state index is 0.104. The molecule has 1 fully saturated rings. The summed E-state index contributed by atoms with van der Waals surface area (Å²) in [6.07, 6.45) is 2.87. The van der Waals surface area contributed by atoms with E-state index in [1.807, 2.05) is 0 Å². The number of rotatable bonds is 5. The van der Waals surface area contributed by atoms with Gasteiger partial charge < -0.3 is 10.2 Å². The Morgan fingerprint density at radius 2 is 2.24 bits per heavy atom. The van der Waals surface area contributed by atoms with Gasteiger partial charge in [-0.2, -0.15) is 0 Å². The molecule has 8 nitrogen and oxygen atoms in total. The number of nitrogens with zero attached hydrogens (tertiary/aromatic N) is 3. The van der Waals surface area contributed by atoms with Gasteiger partial charge in [-0.1, -0.05) is 11.6 Å². The Labute approximate surface area is 125 Å². The molecule has 2 rings (SSSR count). The second kappa shape index (κ2) is 6.04. The van der Waals surface area contributed by atoms with E-state index in [9.17, 15) is 19.7 Å². The van der Waals surface area contributed by atoms with Crippen molar-refractivity contribution < 1.29 is 14.5 Å². The zero-order chi connectivity index (χ0) is 15.6. The average molecular weight is 313 g/mol. The van der Waals surface area contributed by atoms with E-state index in [1.54, 1.807) is 0 Å². The molecule has 0 radical (unpaired) electrons.